The van der Waals surface area contributed by atoms with Crippen LogP contribution in [-0.4, -0.2) is 170 Å². The maximum absolute atomic E-state index is 12.1. The van der Waals surface area contributed by atoms with E-state index in [2.05, 4.69) is 10.6 Å². The van der Waals surface area contributed by atoms with Crippen LogP contribution in [0.15, 0.2) is 0 Å². The van der Waals surface area contributed by atoms with E-state index in [1.165, 1.54) is 0 Å². The molecule has 0 bridgehead atoms. The van der Waals surface area contributed by atoms with Crippen molar-refractivity contribution < 1.29 is 79.2 Å². The Kier molecular flexibility index (Phi) is 11.5. The van der Waals surface area contributed by atoms with Gasteiger partial charge in [-0.3, -0.25) is 9.59 Å². The SMILES string of the molecule is CC(=O)N[C@@H]1[C@@H](O[C@@H]2O[C@H](CO)[C@@H](O)[C@H](O[C@H]3O[C@@H](CO)[C@H](O)[C@@H](O)[C@@H]3O)[C@H]2NC(C)=O)[C@H](O)[C@@H](CO)O[C@H]1O. The topological polar surface area (TPSA) is 286 Å². The van der Waals surface area contributed by atoms with Crippen LogP contribution in [0.3, 0.4) is 0 Å². The van der Waals surface area contributed by atoms with Crippen LogP contribution in [0, 0.1) is 0 Å². The maximum Gasteiger partial charge on any atom is 0.217 e. The molecule has 3 aliphatic heterocycles. The minimum absolute atomic E-state index is 0.647. The number of carbonyl (C=O) groups is 2. The summed E-state index contributed by atoms with van der Waals surface area (Å²) in [6.07, 6.45) is -21.4. The Hall–Kier alpha value is -1.62. The van der Waals surface area contributed by atoms with E-state index >= 15 is 0 Å². The molecular weight excluding hydrogens is 548 g/mol. The van der Waals surface area contributed by atoms with Gasteiger partial charge < -0.3 is 80.3 Å². The smallest absolute Gasteiger partial charge is 0.217 e. The van der Waals surface area contributed by atoms with Gasteiger partial charge in [0.2, 0.25) is 11.8 Å². The number of hydrogen-bond acceptors (Lipinski definition) is 16. The summed E-state index contributed by atoms with van der Waals surface area (Å²) in [6.45, 7) is -0.140. The number of rotatable bonds is 9. The summed E-state index contributed by atoms with van der Waals surface area (Å²) in [6, 6.07) is -2.90. The highest BCUT2D eigenvalue weighted by Crippen LogP contribution is 2.32. The van der Waals surface area contributed by atoms with Crippen molar-refractivity contribution in [2.75, 3.05) is 19.8 Å². The van der Waals surface area contributed by atoms with E-state index in [9.17, 15) is 55.5 Å². The second-order valence-corrected chi connectivity index (χ2v) is 9.81. The molecule has 0 aromatic carbocycles. The summed E-state index contributed by atoms with van der Waals surface area (Å²) in [5, 5.41) is 96.5. The highest BCUT2D eigenvalue weighted by Gasteiger charge is 2.54. The Labute approximate surface area is 228 Å². The van der Waals surface area contributed by atoms with Crippen molar-refractivity contribution in [2.45, 2.75) is 106 Å². The molecule has 3 aliphatic rings. The van der Waals surface area contributed by atoms with E-state index in [-0.39, 0.29) is 0 Å². The van der Waals surface area contributed by atoms with E-state index in [0.717, 1.165) is 13.8 Å². The third kappa shape index (κ3) is 7.05. The predicted octanol–water partition coefficient (Wildman–Crippen LogP) is -7.29. The molecule has 2 amide bonds. The zero-order valence-corrected chi connectivity index (χ0v) is 21.7. The number of amides is 2. The lowest BCUT2D eigenvalue weighted by Crippen LogP contribution is -2.70. The van der Waals surface area contributed by atoms with Crippen molar-refractivity contribution in [3.05, 3.63) is 0 Å². The summed E-state index contributed by atoms with van der Waals surface area (Å²) in [7, 11) is 0. The first-order chi connectivity index (χ1) is 18.8. The number of aliphatic hydroxyl groups excluding tert-OH is 9. The summed E-state index contributed by atoms with van der Waals surface area (Å²) in [4.78, 5) is 23.9. The van der Waals surface area contributed by atoms with Crippen LogP contribution in [0.4, 0.5) is 0 Å². The second-order valence-electron chi connectivity index (χ2n) is 9.81. The number of aliphatic hydroxyl groups is 9. The highest BCUT2D eigenvalue weighted by molar-refractivity contribution is 5.73. The highest BCUT2D eigenvalue weighted by atomic mass is 16.7. The van der Waals surface area contributed by atoms with Gasteiger partial charge in [0, 0.05) is 13.8 Å². The van der Waals surface area contributed by atoms with Gasteiger partial charge >= 0.3 is 0 Å². The molecule has 40 heavy (non-hydrogen) atoms. The lowest BCUT2D eigenvalue weighted by Gasteiger charge is -2.49. The van der Waals surface area contributed by atoms with Gasteiger partial charge in [-0.15, -0.1) is 0 Å². The van der Waals surface area contributed by atoms with E-state index in [1.54, 1.807) is 0 Å². The van der Waals surface area contributed by atoms with Gasteiger partial charge in [0.1, 0.15) is 73.1 Å². The molecule has 0 aliphatic carbocycles. The molecule has 3 rings (SSSR count). The fourth-order valence-electron chi connectivity index (χ4n) is 4.86. The standard InChI is InChI=1S/C22H38N2O16/c1-6(28)23-11-18(14(31)9(4-26)36-20(11)35)39-21-12(24-7(2)29)19(15(32)10(5-27)37-21)40-22-17(34)16(33)13(30)8(3-25)38-22/h8-22,25-27,30-35H,3-5H2,1-2H3,(H,23,28)(H,24,29)/t8-,9+,10+,11+,12+,13-,14+,15+,16+,17-,18+,19+,20+,21-,22+/m0/s1. The van der Waals surface area contributed by atoms with Gasteiger partial charge in [0.15, 0.2) is 18.9 Å². The molecule has 0 aromatic rings. The zero-order valence-electron chi connectivity index (χ0n) is 21.7. The summed E-state index contributed by atoms with van der Waals surface area (Å²) >= 11 is 0. The third-order valence-corrected chi connectivity index (χ3v) is 6.90. The fraction of sp³-hybridized carbons (Fsp3) is 0.909. The van der Waals surface area contributed by atoms with Crippen LogP contribution in [0.1, 0.15) is 13.8 Å². The minimum atomic E-state index is -1.89. The molecule has 0 radical (unpaired) electrons. The summed E-state index contributed by atoms with van der Waals surface area (Å²) < 4.78 is 27.7. The first-order valence-corrected chi connectivity index (χ1v) is 12.6. The van der Waals surface area contributed by atoms with E-state index in [4.69, 9.17) is 23.7 Å². The number of nitrogens with one attached hydrogen (secondary N) is 2. The molecule has 18 heteroatoms. The molecule has 3 fully saturated rings. The molecule has 3 heterocycles. The number of hydrogen-bond donors (Lipinski definition) is 11. The zero-order chi connectivity index (χ0) is 29.9. The maximum atomic E-state index is 12.1. The Morgan fingerprint density at radius 2 is 1.02 bits per heavy atom. The van der Waals surface area contributed by atoms with Gasteiger partial charge in [-0.2, -0.15) is 0 Å². The van der Waals surface area contributed by atoms with Crippen LogP contribution < -0.4 is 10.6 Å². The fourth-order valence-corrected chi connectivity index (χ4v) is 4.86. The van der Waals surface area contributed by atoms with Crippen molar-refractivity contribution >= 4 is 11.8 Å². The first kappa shape index (κ1) is 32.9. The van der Waals surface area contributed by atoms with Crippen molar-refractivity contribution in [1.82, 2.24) is 10.6 Å². The molecule has 232 valence electrons. The molecule has 0 unspecified atom stereocenters. The Morgan fingerprint density at radius 1 is 0.600 bits per heavy atom. The quantitative estimate of drug-likeness (QED) is 0.120. The molecule has 0 saturated carbocycles. The van der Waals surface area contributed by atoms with Crippen LogP contribution in [-0.2, 0) is 33.3 Å². The van der Waals surface area contributed by atoms with Gasteiger partial charge in [0.05, 0.1) is 19.8 Å². The first-order valence-electron chi connectivity index (χ1n) is 12.6. The third-order valence-electron chi connectivity index (χ3n) is 6.90. The van der Waals surface area contributed by atoms with Crippen LogP contribution >= 0.6 is 0 Å². The molecule has 18 nitrogen and oxygen atoms in total. The van der Waals surface area contributed by atoms with E-state index < -0.39 is 124 Å². The predicted molar refractivity (Wildman–Crippen MR) is 124 cm³/mol. The largest absolute Gasteiger partial charge is 0.394 e. The van der Waals surface area contributed by atoms with Gasteiger partial charge in [-0.25, -0.2) is 0 Å². The van der Waals surface area contributed by atoms with Crippen molar-refractivity contribution in [3.8, 4) is 0 Å². The molecule has 11 N–H and O–H groups in total. The van der Waals surface area contributed by atoms with E-state index in [1.807, 2.05) is 0 Å². The Balaban J connectivity index is 1.95. The van der Waals surface area contributed by atoms with Crippen LogP contribution in [0.2, 0.25) is 0 Å². The van der Waals surface area contributed by atoms with E-state index in [0.29, 0.717) is 0 Å². The van der Waals surface area contributed by atoms with Crippen molar-refractivity contribution in [1.29, 1.82) is 0 Å². The average molecular weight is 587 g/mol. The van der Waals surface area contributed by atoms with Gasteiger partial charge in [0.25, 0.3) is 0 Å². The lowest BCUT2D eigenvalue weighted by atomic mass is 9.94. The Bertz CT molecular complexity index is 852. The summed E-state index contributed by atoms with van der Waals surface area (Å²) in [5.74, 6) is -1.34. The second kappa shape index (κ2) is 14.0. The van der Waals surface area contributed by atoms with Crippen molar-refractivity contribution in [2.24, 2.45) is 0 Å². The van der Waals surface area contributed by atoms with Gasteiger partial charge in [-0.1, -0.05) is 0 Å². The molecule has 0 aromatic heterocycles. The molecule has 3 saturated heterocycles. The Morgan fingerprint density at radius 3 is 1.55 bits per heavy atom. The van der Waals surface area contributed by atoms with Gasteiger partial charge in [-0.05, 0) is 0 Å². The normalized spacial score (nSPS) is 46.0. The number of ether oxygens (including phenoxy) is 5. The van der Waals surface area contributed by atoms with Crippen molar-refractivity contribution in [3.63, 3.8) is 0 Å². The summed E-state index contributed by atoms with van der Waals surface area (Å²) in [5.41, 5.74) is 0. The minimum Gasteiger partial charge on any atom is -0.394 e. The number of carbonyl (C=O) groups excluding carboxylic acids is 2. The molecule has 15 atom stereocenters. The molecule has 0 spiro atoms. The average Bonchev–Trinajstić information content (AvgIpc) is 2.90. The monoisotopic (exact) mass is 586 g/mol. The van der Waals surface area contributed by atoms with Crippen LogP contribution in [0.25, 0.3) is 0 Å². The van der Waals surface area contributed by atoms with Crippen LogP contribution in [0.5, 0.6) is 0 Å². The lowest BCUT2D eigenvalue weighted by molar-refractivity contribution is -0.356. The molecular formula is C22H38N2O16.